The lowest BCUT2D eigenvalue weighted by molar-refractivity contribution is 0.631. The van der Waals surface area contributed by atoms with Crippen molar-refractivity contribution in [1.82, 2.24) is 9.97 Å². The summed E-state index contributed by atoms with van der Waals surface area (Å²) in [4.78, 5) is 23.8. The highest BCUT2D eigenvalue weighted by Crippen LogP contribution is 2.31. The van der Waals surface area contributed by atoms with Crippen molar-refractivity contribution in [3.63, 3.8) is 0 Å². The van der Waals surface area contributed by atoms with Crippen molar-refractivity contribution in [3.05, 3.63) is 69.5 Å². The van der Waals surface area contributed by atoms with E-state index in [2.05, 4.69) is 26.0 Å². The number of hydrogen-bond donors (Lipinski definition) is 4. The molecular formula is C22H26ClFN6O. The first-order valence-corrected chi connectivity index (χ1v) is 9.96. The van der Waals surface area contributed by atoms with E-state index in [-0.39, 0.29) is 22.6 Å². The number of amidine groups is 1. The second kappa shape index (κ2) is 10.7. The van der Waals surface area contributed by atoms with Crippen molar-refractivity contribution in [3.8, 4) is 11.1 Å². The van der Waals surface area contributed by atoms with Gasteiger partial charge in [0.05, 0.1) is 17.1 Å². The monoisotopic (exact) mass is 444 g/mol. The fraction of sp³-hybridized carbons (Fsp3) is 0.227. The Hall–Kier alpha value is -3.23. The third-order valence-corrected chi connectivity index (χ3v) is 4.42. The van der Waals surface area contributed by atoms with E-state index in [0.717, 1.165) is 0 Å². The lowest BCUT2D eigenvalue weighted by atomic mass is 10.0. The summed E-state index contributed by atoms with van der Waals surface area (Å²) < 4.78 is 14.4. The molecule has 164 valence electrons. The molecule has 1 aromatic carbocycles. The van der Waals surface area contributed by atoms with Gasteiger partial charge in [0.1, 0.15) is 5.82 Å². The molecule has 3 rings (SSSR count). The number of pyridine rings is 2. The topological polar surface area (TPSA) is 122 Å². The van der Waals surface area contributed by atoms with E-state index < -0.39 is 5.82 Å². The largest absolute Gasteiger partial charge is 0.387 e. The van der Waals surface area contributed by atoms with E-state index in [9.17, 15) is 9.18 Å². The van der Waals surface area contributed by atoms with Crippen LogP contribution in [0.1, 0.15) is 32.4 Å². The number of aromatic nitrogens is 2. The summed E-state index contributed by atoms with van der Waals surface area (Å²) in [5.74, 6) is 0.336. The summed E-state index contributed by atoms with van der Waals surface area (Å²) in [5, 5.41) is 3.61. The van der Waals surface area contributed by atoms with Crippen LogP contribution in [0.5, 0.6) is 0 Å². The number of halogens is 2. The maximum atomic E-state index is 14.4. The normalized spacial score (nSPS) is 11.2. The van der Waals surface area contributed by atoms with Crippen LogP contribution in [0.25, 0.3) is 11.1 Å². The van der Waals surface area contributed by atoms with Crippen molar-refractivity contribution in [2.45, 2.75) is 26.7 Å². The number of nitrogens with zero attached hydrogens (tertiary/aromatic N) is 2. The summed E-state index contributed by atoms with van der Waals surface area (Å²) in [7, 11) is 1.50. The molecule has 9 heteroatoms. The van der Waals surface area contributed by atoms with Gasteiger partial charge in [-0.3, -0.25) is 4.79 Å². The average Bonchev–Trinajstić information content (AvgIpc) is 2.72. The van der Waals surface area contributed by atoms with Crippen LogP contribution in [-0.2, 0) is 0 Å². The van der Waals surface area contributed by atoms with Gasteiger partial charge in [-0.2, -0.15) is 0 Å². The SMILES string of the molecule is CC(N)=Nc1cc(Nc2cc(-c3cc(Cl)ccc3F)c(=O)[nH]c2C(C)C)ccn1.CN. The van der Waals surface area contributed by atoms with Gasteiger partial charge >= 0.3 is 0 Å². The van der Waals surface area contributed by atoms with Crippen LogP contribution in [0.3, 0.4) is 0 Å². The van der Waals surface area contributed by atoms with E-state index in [0.29, 0.717) is 33.7 Å². The van der Waals surface area contributed by atoms with Crippen LogP contribution >= 0.6 is 11.6 Å². The Labute approximate surface area is 185 Å². The third kappa shape index (κ3) is 6.13. The predicted molar refractivity (Wildman–Crippen MR) is 126 cm³/mol. The molecule has 0 amide bonds. The second-order valence-electron chi connectivity index (χ2n) is 6.90. The standard InChI is InChI=1S/C21H21ClFN5O.CH5N/c1-11(2)20-18(27-14-6-7-25-19(9-14)26-12(3)24)10-16(21(29)28-20)15-8-13(22)4-5-17(15)23;1-2/h4-11H,1-3H3,(H,28,29)(H3,24,25,26,27);2H2,1H3. The van der Waals surface area contributed by atoms with E-state index in [1.807, 2.05) is 13.8 Å². The van der Waals surface area contributed by atoms with Gasteiger partial charge < -0.3 is 21.8 Å². The number of anilines is 2. The maximum Gasteiger partial charge on any atom is 0.256 e. The summed E-state index contributed by atoms with van der Waals surface area (Å²) in [6.45, 7) is 5.58. The van der Waals surface area contributed by atoms with Gasteiger partial charge in [0, 0.05) is 34.2 Å². The molecule has 0 saturated carbocycles. The highest BCUT2D eigenvalue weighted by molar-refractivity contribution is 6.30. The zero-order valence-electron chi connectivity index (χ0n) is 17.8. The first kappa shape index (κ1) is 24.0. The highest BCUT2D eigenvalue weighted by Gasteiger charge is 2.16. The van der Waals surface area contributed by atoms with Crippen LogP contribution in [0.15, 0.2) is 52.4 Å². The highest BCUT2D eigenvalue weighted by atomic mass is 35.5. The molecule has 3 aromatic rings. The summed E-state index contributed by atoms with van der Waals surface area (Å²) in [6, 6.07) is 9.23. The minimum Gasteiger partial charge on any atom is -0.387 e. The molecule has 2 heterocycles. The van der Waals surface area contributed by atoms with Crippen molar-refractivity contribution in [2.75, 3.05) is 12.4 Å². The van der Waals surface area contributed by atoms with Gasteiger partial charge in [0.15, 0.2) is 5.82 Å². The molecule has 0 fully saturated rings. The van der Waals surface area contributed by atoms with Gasteiger partial charge in [0.2, 0.25) is 0 Å². The number of nitrogens with two attached hydrogens (primary N) is 2. The molecule has 0 bridgehead atoms. The maximum absolute atomic E-state index is 14.4. The summed E-state index contributed by atoms with van der Waals surface area (Å²) >= 11 is 6.01. The van der Waals surface area contributed by atoms with Crippen LogP contribution in [0.2, 0.25) is 5.02 Å². The van der Waals surface area contributed by atoms with Gasteiger partial charge in [-0.15, -0.1) is 0 Å². The molecule has 0 spiro atoms. The first-order valence-electron chi connectivity index (χ1n) is 9.59. The number of hydrogen-bond acceptors (Lipinski definition) is 5. The first-order chi connectivity index (χ1) is 14.7. The Bertz CT molecular complexity index is 1140. The van der Waals surface area contributed by atoms with Gasteiger partial charge in [-0.05, 0) is 50.2 Å². The van der Waals surface area contributed by atoms with Crippen molar-refractivity contribution in [2.24, 2.45) is 16.5 Å². The van der Waals surface area contributed by atoms with Crippen molar-refractivity contribution >= 4 is 34.6 Å². The molecule has 2 aromatic heterocycles. The minimum absolute atomic E-state index is 0.0223. The molecule has 6 N–H and O–H groups in total. The molecule has 0 aliphatic rings. The smallest absolute Gasteiger partial charge is 0.256 e. The Kier molecular flexibility index (Phi) is 8.30. The van der Waals surface area contributed by atoms with E-state index in [1.165, 1.54) is 25.2 Å². The number of benzene rings is 1. The van der Waals surface area contributed by atoms with Crippen LogP contribution in [-0.4, -0.2) is 22.9 Å². The number of H-pyrrole nitrogens is 1. The minimum atomic E-state index is -0.526. The fourth-order valence-electron chi connectivity index (χ4n) is 2.90. The van der Waals surface area contributed by atoms with E-state index in [4.69, 9.17) is 17.3 Å². The predicted octanol–water partition coefficient (Wildman–Crippen LogP) is 4.68. The molecule has 0 atom stereocenters. The second-order valence-corrected chi connectivity index (χ2v) is 7.34. The summed E-state index contributed by atoms with van der Waals surface area (Å²) in [6.07, 6.45) is 1.60. The molecule has 7 nitrogen and oxygen atoms in total. The Morgan fingerprint density at radius 2 is 1.90 bits per heavy atom. The van der Waals surface area contributed by atoms with Crippen LogP contribution in [0, 0.1) is 5.82 Å². The number of nitrogens with one attached hydrogen (secondary N) is 2. The summed E-state index contributed by atoms with van der Waals surface area (Å²) in [5.41, 5.74) is 12.1. The molecule has 0 unspecified atom stereocenters. The molecule has 31 heavy (non-hydrogen) atoms. The zero-order chi connectivity index (χ0) is 23.1. The quantitative estimate of drug-likeness (QED) is 0.336. The van der Waals surface area contributed by atoms with E-state index >= 15 is 0 Å². The average molecular weight is 445 g/mol. The Morgan fingerprint density at radius 3 is 2.55 bits per heavy atom. The molecule has 0 aliphatic carbocycles. The van der Waals surface area contributed by atoms with Gasteiger partial charge in [-0.25, -0.2) is 14.4 Å². The van der Waals surface area contributed by atoms with Gasteiger partial charge in [0.25, 0.3) is 5.56 Å². The lowest BCUT2D eigenvalue weighted by Gasteiger charge is -2.16. The van der Waals surface area contributed by atoms with Crippen LogP contribution < -0.4 is 22.3 Å². The van der Waals surface area contributed by atoms with Crippen molar-refractivity contribution in [1.29, 1.82) is 0 Å². The Balaban J connectivity index is 0.00000166. The molecule has 0 aliphatic heterocycles. The fourth-order valence-corrected chi connectivity index (χ4v) is 3.07. The number of rotatable bonds is 5. The zero-order valence-corrected chi connectivity index (χ0v) is 18.6. The lowest BCUT2D eigenvalue weighted by Crippen LogP contribution is -2.15. The Morgan fingerprint density at radius 1 is 1.19 bits per heavy atom. The number of aliphatic imine (C=N–C) groups is 1. The van der Waals surface area contributed by atoms with E-state index in [1.54, 1.807) is 31.3 Å². The molecular weight excluding hydrogens is 419 g/mol. The molecule has 0 saturated heterocycles. The number of aromatic amines is 1. The van der Waals surface area contributed by atoms with Crippen molar-refractivity contribution < 1.29 is 4.39 Å². The van der Waals surface area contributed by atoms with Gasteiger partial charge in [-0.1, -0.05) is 25.4 Å². The molecule has 0 radical (unpaired) electrons. The third-order valence-electron chi connectivity index (χ3n) is 4.18. The van der Waals surface area contributed by atoms with Crippen LogP contribution in [0.4, 0.5) is 21.6 Å².